The van der Waals surface area contributed by atoms with E-state index in [9.17, 15) is 27.5 Å². The van der Waals surface area contributed by atoms with Crippen molar-refractivity contribution >= 4 is 11.5 Å². The summed E-state index contributed by atoms with van der Waals surface area (Å²) in [6.07, 6.45) is -6.87. The molecule has 0 amide bonds. The van der Waals surface area contributed by atoms with Gasteiger partial charge in [0.05, 0.1) is 12.7 Å². The monoisotopic (exact) mass is 505 g/mol. The van der Waals surface area contributed by atoms with Crippen molar-refractivity contribution in [3.05, 3.63) is 84.4 Å². The van der Waals surface area contributed by atoms with Gasteiger partial charge in [0, 0.05) is 31.3 Å². The molecule has 0 heterocycles. The van der Waals surface area contributed by atoms with Crippen molar-refractivity contribution in [3.63, 3.8) is 0 Å². The van der Waals surface area contributed by atoms with Gasteiger partial charge in [-0.1, -0.05) is 36.4 Å². The molecule has 0 saturated heterocycles. The second kappa shape index (κ2) is 12.4. The molecule has 0 aliphatic rings. The highest BCUT2D eigenvalue weighted by Gasteiger charge is 2.48. The zero-order valence-corrected chi connectivity index (χ0v) is 19.6. The number of hydrogen-bond donors (Lipinski definition) is 1. The first-order valence-electron chi connectivity index (χ1n) is 11.4. The molecule has 3 aromatic carbocycles. The van der Waals surface area contributed by atoms with Crippen LogP contribution in [0.25, 0.3) is 0 Å². The topological polar surface area (TPSA) is 59.0 Å². The van der Waals surface area contributed by atoms with Gasteiger partial charge in [0.15, 0.2) is 0 Å². The summed E-state index contributed by atoms with van der Waals surface area (Å²) in [6, 6.07) is 23.1. The molecule has 0 radical (unpaired) electrons. The smallest absolute Gasteiger partial charge is 0.364 e. The second-order valence-electron chi connectivity index (χ2n) is 8.08. The Morgan fingerprint density at radius 1 is 0.944 bits per heavy atom. The van der Waals surface area contributed by atoms with E-state index in [0.717, 1.165) is 5.56 Å². The molecule has 0 aromatic heterocycles. The maximum Gasteiger partial charge on any atom is 0.364 e. The fourth-order valence-electron chi connectivity index (χ4n) is 3.54. The number of ether oxygens (including phenoxy) is 2. The number of carbonyl (C=O) groups is 1. The number of anilines is 1. The minimum Gasteiger partial charge on any atom is -0.494 e. The predicted molar refractivity (Wildman–Crippen MR) is 128 cm³/mol. The maximum atomic E-state index is 13.4. The average molecular weight is 506 g/mol. The summed E-state index contributed by atoms with van der Waals surface area (Å²) in [5, 5.41) is 10.4. The molecule has 0 spiro atoms. The fraction of sp³-hybridized carbons (Fsp3) is 0.296. The molecule has 1 N–H and O–H groups in total. The van der Waals surface area contributed by atoms with Gasteiger partial charge in [-0.3, -0.25) is 4.79 Å². The van der Waals surface area contributed by atoms with Crippen LogP contribution in [0.1, 0.15) is 18.9 Å². The first-order chi connectivity index (χ1) is 17.2. The van der Waals surface area contributed by atoms with Gasteiger partial charge >= 0.3 is 12.3 Å². The van der Waals surface area contributed by atoms with Gasteiger partial charge in [-0.2, -0.15) is 8.78 Å². The van der Waals surface area contributed by atoms with Gasteiger partial charge in [0.25, 0.3) is 0 Å². The quantitative estimate of drug-likeness (QED) is 0.284. The van der Waals surface area contributed by atoms with Crippen molar-refractivity contribution in [3.8, 4) is 17.2 Å². The van der Waals surface area contributed by atoms with Crippen molar-refractivity contribution in [1.82, 2.24) is 0 Å². The first kappa shape index (κ1) is 27.0. The van der Waals surface area contributed by atoms with Crippen LogP contribution in [0.3, 0.4) is 0 Å². The Morgan fingerprint density at radius 2 is 1.61 bits per heavy atom. The van der Waals surface area contributed by atoms with Crippen LogP contribution in [0.2, 0.25) is 0 Å². The van der Waals surface area contributed by atoms with Gasteiger partial charge < -0.3 is 19.5 Å². The van der Waals surface area contributed by atoms with Crippen molar-refractivity contribution < 1.29 is 36.9 Å². The molecule has 1 atom stereocenters. The molecule has 0 saturated carbocycles. The van der Waals surface area contributed by atoms with E-state index in [4.69, 9.17) is 9.47 Å². The number of ketones is 1. The number of aliphatic hydroxyl groups excluding tert-OH is 1. The molecule has 9 heteroatoms. The SMILES string of the molecule is CCOc1cccc(CN(CC(O)CC(=O)C(F)(F)C(F)F)c2cccc(Oc3ccccc3)c2)c1. The van der Waals surface area contributed by atoms with Crippen molar-refractivity contribution in [2.45, 2.75) is 38.3 Å². The van der Waals surface area contributed by atoms with Gasteiger partial charge in [-0.15, -0.1) is 0 Å². The summed E-state index contributed by atoms with van der Waals surface area (Å²) in [5.41, 5.74) is 1.35. The van der Waals surface area contributed by atoms with E-state index in [-0.39, 0.29) is 13.1 Å². The average Bonchev–Trinajstić information content (AvgIpc) is 2.85. The summed E-state index contributed by atoms with van der Waals surface area (Å²) < 4.78 is 63.4. The summed E-state index contributed by atoms with van der Waals surface area (Å²) in [7, 11) is 0. The molecule has 3 aromatic rings. The highest BCUT2D eigenvalue weighted by molar-refractivity contribution is 5.86. The Hall–Kier alpha value is -3.59. The number of halogens is 4. The minimum absolute atomic E-state index is 0.214. The van der Waals surface area contributed by atoms with E-state index in [1.165, 1.54) is 0 Å². The summed E-state index contributed by atoms with van der Waals surface area (Å²) >= 11 is 0. The molecule has 0 bridgehead atoms. The summed E-state index contributed by atoms with van der Waals surface area (Å²) in [6.45, 7) is 2.26. The molecule has 192 valence electrons. The lowest BCUT2D eigenvalue weighted by atomic mass is 10.1. The van der Waals surface area contributed by atoms with Crippen molar-refractivity contribution in [2.75, 3.05) is 18.1 Å². The number of nitrogens with zero attached hydrogens (tertiary/aromatic N) is 1. The molecule has 0 aliphatic heterocycles. The van der Waals surface area contributed by atoms with Gasteiger partial charge in [-0.05, 0) is 48.9 Å². The Morgan fingerprint density at radius 3 is 2.31 bits per heavy atom. The minimum atomic E-state index is -4.82. The summed E-state index contributed by atoms with van der Waals surface area (Å²) in [5.74, 6) is -5.11. The summed E-state index contributed by atoms with van der Waals surface area (Å²) in [4.78, 5) is 13.4. The van der Waals surface area contributed by atoms with Crippen LogP contribution in [0.5, 0.6) is 17.2 Å². The number of hydrogen-bond acceptors (Lipinski definition) is 5. The zero-order chi connectivity index (χ0) is 26.1. The standard InChI is InChI=1S/C27H27F4NO4/c1-2-35-23-12-6-8-19(14-23)17-32(18-21(33)16-25(34)27(30,31)26(28)29)20-9-7-13-24(15-20)36-22-10-4-3-5-11-22/h3-15,21,26,33H,2,16-18H2,1H3. The lowest BCUT2D eigenvalue weighted by Gasteiger charge is -2.28. The molecule has 36 heavy (non-hydrogen) atoms. The molecule has 0 aliphatic carbocycles. The van der Waals surface area contributed by atoms with E-state index in [0.29, 0.717) is 29.5 Å². The third-order valence-corrected chi connectivity index (χ3v) is 5.24. The van der Waals surface area contributed by atoms with Gasteiger partial charge in [0.2, 0.25) is 5.78 Å². The molecule has 3 rings (SSSR count). The van der Waals surface area contributed by atoms with E-state index in [2.05, 4.69) is 0 Å². The lowest BCUT2D eigenvalue weighted by Crippen LogP contribution is -2.41. The first-order valence-corrected chi connectivity index (χ1v) is 11.4. The highest BCUT2D eigenvalue weighted by atomic mass is 19.3. The Bertz CT molecular complexity index is 1130. The van der Waals surface area contributed by atoms with Crippen LogP contribution >= 0.6 is 0 Å². The highest BCUT2D eigenvalue weighted by Crippen LogP contribution is 2.29. The number of carbonyl (C=O) groups excluding carboxylic acids is 1. The van der Waals surface area contributed by atoms with Crippen LogP contribution in [-0.4, -0.2) is 42.5 Å². The van der Waals surface area contributed by atoms with E-state index in [1.54, 1.807) is 59.5 Å². The van der Waals surface area contributed by atoms with Crippen LogP contribution in [0.4, 0.5) is 23.2 Å². The molecule has 0 fully saturated rings. The Balaban J connectivity index is 1.84. The molecular weight excluding hydrogens is 478 g/mol. The number of Topliss-reactive ketones (excluding diaryl/α,β-unsaturated/α-hetero) is 1. The van der Waals surface area contributed by atoms with E-state index >= 15 is 0 Å². The lowest BCUT2D eigenvalue weighted by molar-refractivity contribution is -0.168. The molecular formula is C27H27F4NO4. The third kappa shape index (κ3) is 7.45. The zero-order valence-electron chi connectivity index (χ0n) is 19.6. The molecule has 5 nitrogen and oxygen atoms in total. The second-order valence-corrected chi connectivity index (χ2v) is 8.08. The Labute approximate surface area is 206 Å². The van der Waals surface area contributed by atoms with E-state index in [1.807, 2.05) is 31.2 Å². The van der Waals surface area contributed by atoms with Crippen LogP contribution in [-0.2, 0) is 11.3 Å². The van der Waals surface area contributed by atoms with Crippen LogP contribution < -0.4 is 14.4 Å². The third-order valence-electron chi connectivity index (χ3n) is 5.24. The van der Waals surface area contributed by atoms with Crippen molar-refractivity contribution in [2.24, 2.45) is 0 Å². The number of alkyl halides is 4. The number of para-hydroxylation sites is 1. The number of aliphatic hydroxyl groups is 1. The number of benzene rings is 3. The predicted octanol–water partition coefficient (Wildman–Crippen LogP) is 6.10. The number of rotatable bonds is 13. The van der Waals surface area contributed by atoms with Gasteiger partial charge in [0.1, 0.15) is 17.2 Å². The van der Waals surface area contributed by atoms with Crippen molar-refractivity contribution in [1.29, 1.82) is 0 Å². The van der Waals surface area contributed by atoms with Gasteiger partial charge in [-0.25, -0.2) is 8.78 Å². The Kier molecular flexibility index (Phi) is 9.30. The van der Waals surface area contributed by atoms with E-state index < -0.39 is 30.7 Å². The molecule has 1 unspecified atom stereocenters. The largest absolute Gasteiger partial charge is 0.494 e. The normalized spacial score (nSPS) is 12.3. The van der Waals surface area contributed by atoms with Crippen LogP contribution in [0, 0.1) is 0 Å². The fourth-order valence-corrected chi connectivity index (χ4v) is 3.54. The maximum absolute atomic E-state index is 13.4. The van der Waals surface area contributed by atoms with Crippen LogP contribution in [0.15, 0.2) is 78.9 Å².